The van der Waals surface area contributed by atoms with Crippen LogP contribution < -0.4 is 16.4 Å². The summed E-state index contributed by atoms with van der Waals surface area (Å²) >= 11 is 11.6. The Kier molecular flexibility index (Phi) is 4.37. The summed E-state index contributed by atoms with van der Waals surface area (Å²) in [6.07, 6.45) is 0.0296. The first-order valence-electron chi connectivity index (χ1n) is 5.80. The Labute approximate surface area is 125 Å². The summed E-state index contributed by atoms with van der Waals surface area (Å²) in [5.41, 5.74) is 4.92. The second-order valence-electron chi connectivity index (χ2n) is 4.62. The van der Waals surface area contributed by atoms with Gasteiger partial charge in [-0.25, -0.2) is 4.79 Å². The number of nitrogens with two attached hydrogens (primary N) is 1. The number of hydrogen-bond donors (Lipinski definition) is 3. The first-order valence-corrected chi connectivity index (χ1v) is 6.56. The van der Waals surface area contributed by atoms with Gasteiger partial charge in [-0.2, -0.15) is 0 Å². The van der Waals surface area contributed by atoms with Crippen LogP contribution in [0, 0.1) is 0 Å². The highest BCUT2D eigenvalue weighted by Gasteiger charge is 2.41. The maximum absolute atomic E-state index is 11.9. The van der Waals surface area contributed by atoms with Crippen LogP contribution in [-0.2, 0) is 9.53 Å². The zero-order valence-electron chi connectivity index (χ0n) is 10.4. The largest absolute Gasteiger partial charge is 0.376 e. The Morgan fingerprint density at radius 3 is 2.50 bits per heavy atom. The van der Waals surface area contributed by atoms with E-state index in [-0.39, 0.29) is 19.6 Å². The van der Waals surface area contributed by atoms with Crippen molar-refractivity contribution in [2.45, 2.75) is 12.0 Å². The van der Waals surface area contributed by atoms with Crippen molar-refractivity contribution >= 4 is 40.8 Å². The molecule has 20 heavy (non-hydrogen) atoms. The number of carbonyl (C=O) groups is 2. The molecule has 0 saturated carbocycles. The number of urea groups is 1. The van der Waals surface area contributed by atoms with Crippen molar-refractivity contribution in [3.05, 3.63) is 28.2 Å². The zero-order chi connectivity index (χ0) is 14.8. The molecular weight excluding hydrogens is 305 g/mol. The summed E-state index contributed by atoms with van der Waals surface area (Å²) in [5, 5.41) is 6.03. The van der Waals surface area contributed by atoms with Gasteiger partial charge in [0.1, 0.15) is 0 Å². The predicted molar refractivity (Wildman–Crippen MR) is 76.0 cm³/mol. The zero-order valence-corrected chi connectivity index (χ0v) is 11.9. The van der Waals surface area contributed by atoms with E-state index in [0.29, 0.717) is 15.7 Å². The molecule has 6 nitrogen and oxygen atoms in total. The molecule has 0 unspecified atom stereocenters. The number of nitrogens with one attached hydrogen (secondary N) is 2. The molecule has 2 rings (SSSR count). The van der Waals surface area contributed by atoms with Crippen molar-refractivity contribution in [2.75, 3.05) is 18.5 Å². The molecule has 1 aromatic carbocycles. The van der Waals surface area contributed by atoms with E-state index in [9.17, 15) is 9.59 Å². The minimum absolute atomic E-state index is 0.0296. The molecule has 4 N–H and O–H groups in total. The molecule has 108 valence electrons. The summed E-state index contributed by atoms with van der Waals surface area (Å²) in [6.45, 7) is 0.509. The molecule has 0 spiro atoms. The van der Waals surface area contributed by atoms with E-state index in [1.54, 1.807) is 12.1 Å². The maximum atomic E-state index is 11.9. The number of benzene rings is 1. The third kappa shape index (κ3) is 3.53. The van der Waals surface area contributed by atoms with Crippen molar-refractivity contribution in [3.63, 3.8) is 0 Å². The Bertz CT molecular complexity index is 547. The van der Waals surface area contributed by atoms with Crippen LogP contribution >= 0.6 is 23.2 Å². The topological polar surface area (TPSA) is 93.5 Å². The maximum Gasteiger partial charge on any atom is 0.319 e. The Hall–Kier alpha value is -1.50. The van der Waals surface area contributed by atoms with Gasteiger partial charge in [-0.05, 0) is 18.2 Å². The number of halogens is 2. The van der Waals surface area contributed by atoms with E-state index < -0.39 is 17.5 Å². The number of rotatable bonds is 4. The van der Waals surface area contributed by atoms with Crippen LogP contribution in [0.4, 0.5) is 10.5 Å². The van der Waals surface area contributed by atoms with Crippen molar-refractivity contribution in [1.82, 2.24) is 5.32 Å². The van der Waals surface area contributed by atoms with Gasteiger partial charge in [-0.1, -0.05) is 23.2 Å². The third-order valence-electron chi connectivity index (χ3n) is 2.83. The van der Waals surface area contributed by atoms with Crippen molar-refractivity contribution < 1.29 is 14.3 Å². The average Bonchev–Trinajstić information content (AvgIpc) is 2.30. The van der Waals surface area contributed by atoms with Gasteiger partial charge < -0.3 is 21.1 Å². The Morgan fingerprint density at radius 1 is 1.30 bits per heavy atom. The van der Waals surface area contributed by atoms with Crippen molar-refractivity contribution in [2.24, 2.45) is 5.73 Å². The van der Waals surface area contributed by atoms with Crippen molar-refractivity contribution in [3.8, 4) is 0 Å². The van der Waals surface area contributed by atoms with Gasteiger partial charge in [0.2, 0.25) is 5.91 Å². The van der Waals surface area contributed by atoms with E-state index in [1.807, 2.05) is 0 Å². The van der Waals surface area contributed by atoms with Crippen LogP contribution in [0.15, 0.2) is 18.2 Å². The molecule has 0 bridgehead atoms. The van der Waals surface area contributed by atoms with Crippen LogP contribution in [-0.4, -0.2) is 30.7 Å². The molecule has 1 aromatic rings. The fourth-order valence-corrected chi connectivity index (χ4v) is 2.18. The molecule has 3 amide bonds. The molecule has 1 fully saturated rings. The summed E-state index contributed by atoms with van der Waals surface area (Å²) < 4.78 is 5.04. The smallest absolute Gasteiger partial charge is 0.319 e. The molecule has 0 aromatic heterocycles. The molecule has 0 atom stereocenters. The van der Waals surface area contributed by atoms with Crippen LogP contribution in [0.3, 0.4) is 0 Å². The van der Waals surface area contributed by atoms with E-state index in [2.05, 4.69) is 10.6 Å². The van der Waals surface area contributed by atoms with Gasteiger partial charge in [0.05, 0.1) is 35.2 Å². The highest BCUT2D eigenvalue weighted by Crippen LogP contribution is 2.25. The van der Waals surface area contributed by atoms with Crippen LogP contribution in [0.5, 0.6) is 0 Å². The lowest BCUT2D eigenvalue weighted by Crippen LogP contribution is -2.64. The lowest BCUT2D eigenvalue weighted by Gasteiger charge is -2.41. The lowest BCUT2D eigenvalue weighted by molar-refractivity contribution is -0.127. The average molecular weight is 318 g/mol. The molecule has 0 aliphatic carbocycles. The SMILES string of the molecule is NC(=O)CC1(NC(=O)Nc2ccc(Cl)c(Cl)c2)COC1. The minimum Gasteiger partial charge on any atom is -0.376 e. The Balaban J connectivity index is 1.97. The summed E-state index contributed by atoms with van der Waals surface area (Å²) in [6, 6.07) is 4.26. The normalized spacial score (nSPS) is 16.1. The predicted octanol–water partition coefficient (Wildman–Crippen LogP) is 1.76. The molecule has 1 heterocycles. The molecule has 1 saturated heterocycles. The number of amides is 3. The monoisotopic (exact) mass is 317 g/mol. The van der Waals surface area contributed by atoms with E-state index in [1.165, 1.54) is 6.07 Å². The molecule has 0 radical (unpaired) electrons. The summed E-state index contributed by atoms with van der Waals surface area (Å²) in [5.74, 6) is -0.497. The van der Waals surface area contributed by atoms with Gasteiger partial charge in [-0.3, -0.25) is 4.79 Å². The molecule has 1 aliphatic heterocycles. The number of primary amides is 1. The molecule has 8 heteroatoms. The van der Waals surface area contributed by atoms with Gasteiger partial charge in [0, 0.05) is 5.69 Å². The molecule has 1 aliphatic rings. The fraction of sp³-hybridized carbons (Fsp3) is 0.333. The molecular formula is C12H13Cl2N3O3. The third-order valence-corrected chi connectivity index (χ3v) is 3.56. The van der Waals surface area contributed by atoms with Gasteiger partial charge >= 0.3 is 6.03 Å². The first-order chi connectivity index (χ1) is 9.40. The number of hydrogen-bond acceptors (Lipinski definition) is 3. The minimum atomic E-state index is -0.730. The number of ether oxygens (including phenoxy) is 1. The van der Waals surface area contributed by atoms with E-state index >= 15 is 0 Å². The van der Waals surface area contributed by atoms with Crippen LogP contribution in [0.2, 0.25) is 10.0 Å². The first kappa shape index (κ1) is 14.9. The van der Waals surface area contributed by atoms with E-state index in [4.69, 9.17) is 33.7 Å². The quantitative estimate of drug-likeness (QED) is 0.789. The van der Waals surface area contributed by atoms with Gasteiger partial charge in [-0.15, -0.1) is 0 Å². The summed E-state index contributed by atoms with van der Waals surface area (Å²) in [7, 11) is 0. The Morgan fingerprint density at radius 2 is 2.00 bits per heavy atom. The standard InChI is InChI=1S/C12H13Cl2N3O3/c13-8-2-1-7(3-9(8)14)16-11(19)17-12(4-10(15)18)5-20-6-12/h1-3H,4-6H2,(H2,15,18)(H2,16,17,19). The van der Waals surface area contributed by atoms with Gasteiger partial charge in [0.15, 0.2) is 0 Å². The van der Waals surface area contributed by atoms with Crippen LogP contribution in [0.25, 0.3) is 0 Å². The fourth-order valence-electron chi connectivity index (χ4n) is 1.88. The van der Waals surface area contributed by atoms with E-state index in [0.717, 1.165) is 0 Å². The highest BCUT2D eigenvalue weighted by molar-refractivity contribution is 6.42. The number of anilines is 1. The van der Waals surface area contributed by atoms with Gasteiger partial charge in [0.25, 0.3) is 0 Å². The summed E-state index contributed by atoms with van der Waals surface area (Å²) in [4.78, 5) is 22.9. The highest BCUT2D eigenvalue weighted by atomic mass is 35.5. The number of carbonyl (C=O) groups excluding carboxylic acids is 2. The second-order valence-corrected chi connectivity index (χ2v) is 5.44. The van der Waals surface area contributed by atoms with Crippen molar-refractivity contribution in [1.29, 1.82) is 0 Å². The lowest BCUT2D eigenvalue weighted by atomic mass is 9.93. The second kappa shape index (κ2) is 5.87. The van der Waals surface area contributed by atoms with Crippen LogP contribution in [0.1, 0.15) is 6.42 Å².